The molecule has 3 aromatic rings. The zero-order valence-electron chi connectivity index (χ0n) is 13.3. The SMILES string of the molecule is CN(C)S(=O)(=O)c1ccc2nnn(OCc3c(F)cccc3Cl)c2c1. The molecule has 25 heavy (non-hydrogen) atoms. The van der Waals surface area contributed by atoms with Crippen LogP contribution in [-0.2, 0) is 16.6 Å². The smallest absolute Gasteiger partial charge is 0.242 e. The summed E-state index contributed by atoms with van der Waals surface area (Å²) in [5, 5.41) is 7.93. The number of sulfonamides is 1. The molecule has 3 rings (SSSR count). The van der Waals surface area contributed by atoms with Gasteiger partial charge in [0.15, 0.2) is 0 Å². The Labute approximate surface area is 148 Å². The highest BCUT2D eigenvalue weighted by Gasteiger charge is 2.19. The number of benzene rings is 2. The van der Waals surface area contributed by atoms with Crippen molar-refractivity contribution in [2.24, 2.45) is 0 Å². The highest BCUT2D eigenvalue weighted by molar-refractivity contribution is 7.89. The number of halogens is 2. The van der Waals surface area contributed by atoms with E-state index in [1.807, 2.05) is 0 Å². The third kappa shape index (κ3) is 3.30. The molecule has 0 saturated heterocycles. The standard InChI is InChI=1S/C15H14ClFN4O3S/c1-20(2)25(22,23)10-6-7-14-15(8-10)21(19-18-14)24-9-11-12(16)4-3-5-13(11)17/h3-8H,9H2,1-2H3. The van der Waals surface area contributed by atoms with Crippen LogP contribution in [0, 0.1) is 5.82 Å². The van der Waals surface area contributed by atoms with Crippen molar-refractivity contribution in [3.8, 4) is 0 Å². The van der Waals surface area contributed by atoms with Gasteiger partial charge >= 0.3 is 0 Å². The summed E-state index contributed by atoms with van der Waals surface area (Å²) in [6.07, 6.45) is 0. The van der Waals surface area contributed by atoms with E-state index in [4.69, 9.17) is 16.4 Å². The quantitative estimate of drug-likeness (QED) is 0.673. The summed E-state index contributed by atoms with van der Waals surface area (Å²) in [6, 6.07) is 8.66. The Kier molecular flexibility index (Phi) is 4.63. The second-order valence-corrected chi connectivity index (χ2v) is 7.93. The molecule has 0 aliphatic carbocycles. The van der Waals surface area contributed by atoms with Crippen LogP contribution in [0.15, 0.2) is 41.3 Å². The zero-order chi connectivity index (χ0) is 18.2. The summed E-state index contributed by atoms with van der Waals surface area (Å²) in [5.41, 5.74) is 0.956. The Hall–Kier alpha value is -2.23. The fourth-order valence-electron chi connectivity index (χ4n) is 2.14. The van der Waals surface area contributed by atoms with Crippen molar-refractivity contribution in [2.45, 2.75) is 11.5 Å². The normalized spacial score (nSPS) is 12.0. The first-order chi connectivity index (χ1) is 11.8. The first-order valence-electron chi connectivity index (χ1n) is 7.15. The van der Waals surface area contributed by atoms with Crippen LogP contribution in [0.3, 0.4) is 0 Å². The molecule has 0 saturated carbocycles. The molecule has 0 spiro atoms. The number of rotatable bonds is 5. The van der Waals surface area contributed by atoms with E-state index in [0.29, 0.717) is 11.0 Å². The Morgan fingerprint density at radius 2 is 2.04 bits per heavy atom. The minimum atomic E-state index is -3.62. The van der Waals surface area contributed by atoms with Gasteiger partial charge in [-0.2, -0.15) is 0 Å². The highest BCUT2D eigenvalue weighted by atomic mass is 35.5. The topological polar surface area (TPSA) is 77.3 Å². The predicted molar refractivity (Wildman–Crippen MR) is 90.1 cm³/mol. The fourth-order valence-corrected chi connectivity index (χ4v) is 3.28. The molecule has 0 amide bonds. The summed E-state index contributed by atoms with van der Waals surface area (Å²) >= 11 is 5.96. The van der Waals surface area contributed by atoms with Crippen LogP contribution >= 0.6 is 11.6 Å². The van der Waals surface area contributed by atoms with Crippen molar-refractivity contribution in [1.82, 2.24) is 19.5 Å². The lowest BCUT2D eigenvalue weighted by Gasteiger charge is -2.11. The van der Waals surface area contributed by atoms with Crippen LogP contribution in [0.1, 0.15) is 5.56 Å². The first kappa shape index (κ1) is 17.6. The van der Waals surface area contributed by atoms with Crippen molar-refractivity contribution in [1.29, 1.82) is 0 Å². The summed E-state index contributed by atoms with van der Waals surface area (Å²) in [4.78, 5) is 6.56. The van der Waals surface area contributed by atoms with Gasteiger partial charge in [-0.1, -0.05) is 22.5 Å². The van der Waals surface area contributed by atoms with E-state index in [1.165, 1.54) is 44.4 Å². The molecule has 132 valence electrons. The maximum absolute atomic E-state index is 13.8. The molecule has 1 aromatic heterocycles. The second-order valence-electron chi connectivity index (χ2n) is 5.37. The van der Waals surface area contributed by atoms with E-state index < -0.39 is 15.8 Å². The number of aromatic nitrogens is 3. The summed E-state index contributed by atoms with van der Waals surface area (Å²) in [5.74, 6) is -0.507. The van der Waals surface area contributed by atoms with Gasteiger partial charge in [0, 0.05) is 19.7 Å². The van der Waals surface area contributed by atoms with Crippen molar-refractivity contribution < 1.29 is 17.6 Å². The predicted octanol–water partition coefficient (Wildman–Crippen LogP) is 2.10. The molecule has 0 bridgehead atoms. The number of hydrogen-bond acceptors (Lipinski definition) is 5. The maximum atomic E-state index is 13.8. The summed E-state index contributed by atoms with van der Waals surface area (Å²) in [7, 11) is -0.743. The molecule has 0 unspecified atom stereocenters. The van der Waals surface area contributed by atoms with E-state index >= 15 is 0 Å². The molecular weight excluding hydrogens is 371 g/mol. The van der Waals surface area contributed by atoms with Gasteiger partial charge in [0.05, 0.1) is 9.92 Å². The molecule has 7 nitrogen and oxygen atoms in total. The van der Waals surface area contributed by atoms with E-state index in [-0.39, 0.29) is 22.1 Å². The maximum Gasteiger partial charge on any atom is 0.242 e. The van der Waals surface area contributed by atoms with Gasteiger partial charge in [-0.05, 0) is 35.5 Å². The van der Waals surface area contributed by atoms with Crippen molar-refractivity contribution >= 4 is 32.7 Å². The number of fused-ring (bicyclic) bond motifs is 1. The molecule has 0 fully saturated rings. The Morgan fingerprint density at radius 3 is 2.72 bits per heavy atom. The monoisotopic (exact) mass is 384 g/mol. The van der Waals surface area contributed by atoms with Crippen LogP contribution in [0.4, 0.5) is 4.39 Å². The van der Waals surface area contributed by atoms with Gasteiger partial charge in [0.25, 0.3) is 0 Å². The second kappa shape index (κ2) is 6.58. The van der Waals surface area contributed by atoms with Gasteiger partial charge < -0.3 is 4.84 Å². The van der Waals surface area contributed by atoms with Crippen LogP contribution in [-0.4, -0.2) is 42.0 Å². The Balaban J connectivity index is 1.95. The average molecular weight is 385 g/mol. The van der Waals surface area contributed by atoms with E-state index in [9.17, 15) is 12.8 Å². The van der Waals surface area contributed by atoms with Crippen LogP contribution in [0.5, 0.6) is 0 Å². The molecular formula is C15H14ClFN4O3S. The molecule has 10 heteroatoms. The largest absolute Gasteiger partial charge is 0.390 e. The average Bonchev–Trinajstić information content (AvgIpc) is 2.96. The summed E-state index contributed by atoms with van der Waals surface area (Å²) in [6.45, 7) is -0.186. The van der Waals surface area contributed by atoms with Crippen LogP contribution in [0.2, 0.25) is 5.02 Å². The van der Waals surface area contributed by atoms with Crippen molar-refractivity contribution in [3.63, 3.8) is 0 Å². The number of nitrogens with zero attached hydrogens (tertiary/aromatic N) is 4. The molecule has 0 N–H and O–H groups in total. The third-order valence-electron chi connectivity index (χ3n) is 3.56. The van der Waals surface area contributed by atoms with Crippen molar-refractivity contribution in [3.05, 3.63) is 52.8 Å². The minimum absolute atomic E-state index is 0.0704. The van der Waals surface area contributed by atoms with E-state index in [0.717, 1.165) is 9.15 Å². The van der Waals surface area contributed by atoms with Crippen molar-refractivity contribution in [2.75, 3.05) is 14.1 Å². The van der Waals surface area contributed by atoms with Gasteiger partial charge in [-0.3, -0.25) is 0 Å². The lowest BCUT2D eigenvalue weighted by Crippen LogP contribution is -2.22. The zero-order valence-corrected chi connectivity index (χ0v) is 14.9. The molecule has 0 radical (unpaired) electrons. The van der Waals surface area contributed by atoms with Crippen LogP contribution < -0.4 is 4.84 Å². The van der Waals surface area contributed by atoms with Gasteiger partial charge in [-0.25, -0.2) is 17.1 Å². The Bertz CT molecular complexity index is 1020. The third-order valence-corrected chi connectivity index (χ3v) is 5.72. The first-order valence-corrected chi connectivity index (χ1v) is 8.96. The van der Waals surface area contributed by atoms with Gasteiger partial charge in [-0.15, -0.1) is 5.10 Å². The van der Waals surface area contributed by atoms with E-state index in [2.05, 4.69) is 10.3 Å². The van der Waals surface area contributed by atoms with E-state index in [1.54, 1.807) is 6.07 Å². The minimum Gasteiger partial charge on any atom is -0.390 e. The Morgan fingerprint density at radius 1 is 1.28 bits per heavy atom. The molecule has 1 heterocycles. The van der Waals surface area contributed by atoms with Gasteiger partial charge in [0.2, 0.25) is 10.0 Å². The molecule has 0 atom stereocenters. The lowest BCUT2D eigenvalue weighted by atomic mass is 10.2. The fraction of sp³-hybridized carbons (Fsp3) is 0.200. The molecule has 0 aliphatic heterocycles. The van der Waals surface area contributed by atoms with Crippen LogP contribution in [0.25, 0.3) is 11.0 Å². The molecule has 0 aliphatic rings. The lowest BCUT2D eigenvalue weighted by molar-refractivity contribution is 0.0734. The number of hydrogen-bond donors (Lipinski definition) is 0. The van der Waals surface area contributed by atoms with Gasteiger partial charge in [0.1, 0.15) is 23.5 Å². The summed E-state index contributed by atoms with van der Waals surface area (Å²) < 4.78 is 39.4. The highest BCUT2D eigenvalue weighted by Crippen LogP contribution is 2.21. The molecule has 2 aromatic carbocycles.